The lowest BCUT2D eigenvalue weighted by atomic mass is 9.93. The first-order valence-corrected chi connectivity index (χ1v) is 33.2. The Kier molecular flexibility index (Phi) is 31.3. The number of ether oxygens (including phenoxy) is 12. The Morgan fingerprint density at radius 1 is 0.418 bits per heavy atom. The standard InChI is InChI=1S/C62H101N5O31/c1-7-8-9-10-11-12-13-14-15-19-87-32-18-16-17-31(20-32)56(85)67-39-45(78)44(77)33(21-68)91-58(39)95-52-34(22-69)92-59(40(47(52)80)64-28(4)73)96-53-35(23-70)93-60(41(48(53)81)65-29(5)74)97-54-36(24-71)94-61(42(49(54)82)66-30(6)75)98-55-37(90-57(86)38(46(55)79)63-27(3)72)25-88-62-51(84)50(83)43(76)26(2)89-62/h16-18,20,26,33-55,57-62,68-71,76-84,86H,7-15,19,21-25H2,1-6H3,(H,63,72)(H,64,73)(H,65,74)(H,66,75)(H,67,85)/t26?,33?,34?,35?,36?,37?,38-,39-,40?,41-,42?,43+,44+,45+,46+,47?,48+,49?,50+,51?,52+,53?,54+,55?,57+,58?,59-,60-,61?,62+/m0/s1. The first-order valence-electron chi connectivity index (χ1n) is 33.2. The minimum absolute atomic E-state index is 0.0594. The highest BCUT2D eigenvalue weighted by atomic mass is 16.8. The number of carbonyl (C=O) groups excluding carboxylic acids is 5. The molecule has 1 aromatic rings. The van der Waals surface area contributed by atoms with Gasteiger partial charge in [0.25, 0.3) is 5.91 Å². The molecule has 5 amide bonds. The van der Waals surface area contributed by atoms with E-state index in [9.17, 15) is 95.5 Å². The topological polar surface area (TPSA) is 539 Å². The van der Waals surface area contributed by atoms with E-state index in [4.69, 9.17) is 56.8 Å². The Hall–Kier alpha value is -4.63. The zero-order chi connectivity index (χ0) is 71.8. The number of carbonyl (C=O) groups is 5. The van der Waals surface area contributed by atoms with Gasteiger partial charge in [0.2, 0.25) is 23.6 Å². The van der Waals surface area contributed by atoms with Crippen molar-refractivity contribution in [2.75, 3.05) is 39.6 Å². The molecule has 6 fully saturated rings. The molecule has 0 spiro atoms. The van der Waals surface area contributed by atoms with Crippen molar-refractivity contribution in [1.29, 1.82) is 0 Å². The molecular weight excluding hydrogens is 1310 g/mol. The number of hydrogen-bond acceptors (Lipinski definition) is 31. The number of aliphatic hydroxyl groups is 14. The van der Waals surface area contributed by atoms with Crippen molar-refractivity contribution in [1.82, 2.24) is 26.6 Å². The molecule has 36 heteroatoms. The monoisotopic (exact) mass is 1410 g/mol. The maximum absolute atomic E-state index is 14.0. The highest BCUT2D eigenvalue weighted by Gasteiger charge is 2.58. The highest BCUT2D eigenvalue weighted by molar-refractivity contribution is 5.94. The smallest absolute Gasteiger partial charge is 0.251 e. The lowest BCUT2D eigenvalue weighted by Crippen LogP contribution is -2.72. The Morgan fingerprint density at radius 3 is 1.26 bits per heavy atom. The fraction of sp³-hybridized carbons (Fsp3) is 0.823. The van der Waals surface area contributed by atoms with Gasteiger partial charge in [-0.2, -0.15) is 0 Å². The van der Waals surface area contributed by atoms with E-state index in [2.05, 4.69) is 33.5 Å². The molecule has 98 heavy (non-hydrogen) atoms. The summed E-state index contributed by atoms with van der Waals surface area (Å²) >= 11 is 0. The van der Waals surface area contributed by atoms with Gasteiger partial charge in [0.05, 0.1) is 45.7 Å². The van der Waals surface area contributed by atoms with Crippen LogP contribution >= 0.6 is 0 Å². The van der Waals surface area contributed by atoms with Gasteiger partial charge in [0.15, 0.2) is 37.7 Å². The van der Waals surface area contributed by atoms with Gasteiger partial charge < -0.3 is 155 Å². The summed E-state index contributed by atoms with van der Waals surface area (Å²) in [6.07, 6.45) is -34.9. The highest BCUT2D eigenvalue weighted by Crippen LogP contribution is 2.37. The zero-order valence-corrected chi connectivity index (χ0v) is 55.4. The molecule has 6 aliphatic heterocycles. The average molecular weight is 1410 g/mol. The van der Waals surface area contributed by atoms with Gasteiger partial charge in [-0.1, -0.05) is 64.4 Å². The fourth-order valence-electron chi connectivity index (χ4n) is 12.7. The Balaban J connectivity index is 1.07. The summed E-state index contributed by atoms with van der Waals surface area (Å²) in [6.45, 7) is 3.38. The maximum atomic E-state index is 14.0. The van der Waals surface area contributed by atoms with Crippen molar-refractivity contribution in [3.8, 4) is 5.75 Å². The molecule has 6 heterocycles. The summed E-state index contributed by atoms with van der Waals surface area (Å²) in [5, 5.41) is 168. The summed E-state index contributed by atoms with van der Waals surface area (Å²) in [7, 11) is 0. The van der Waals surface area contributed by atoms with E-state index in [-0.39, 0.29) is 5.56 Å². The van der Waals surface area contributed by atoms with Crippen LogP contribution in [-0.4, -0.2) is 325 Å². The van der Waals surface area contributed by atoms with Crippen molar-refractivity contribution >= 4 is 29.5 Å². The Bertz CT molecular complexity index is 2660. The van der Waals surface area contributed by atoms with Crippen molar-refractivity contribution in [3.63, 3.8) is 0 Å². The average Bonchev–Trinajstić information content (AvgIpc) is 0.772. The molecular formula is C62H101N5O31. The van der Waals surface area contributed by atoms with Gasteiger partial charge in [0, 0.05) is 33.3 Å². The SMILES string of the molecule is CCCCCCCCCCCOc1cccc(C(=O)N[C@@H]2C(O[C@@H]3C(CO)O[C@@H](OC4C(CO)O[C@@H](O[C@@H]5C(CO)OC(OC6C(CO[C@@H]7OC(C)[C@@H](O)[C@@H](O)C7O)O[C@@H](O)[C@@H](NC(C)=O)[C@H]6O)C(NC(C)=O)C5O)[C@@H](NC(C)=O)[C@H]4O)C(NC(C)=O)C3O)OC(CO)[C@@H](O)[C@@H]2O)c1. The largest absolute Gasteiger partial charge is 0.494 e. The molecule has 0 radical (unpaired) electrons. The van der Waals surface area contributed by atoms with Gasteiger partial charge in [0.1, 0.15) is 146 Å². The number of amides is 5. The molecule has 7 rings (SSSR count). The molecule has 0 saturated carbocycles. The van der Waals surface area contributed by atoms with Gasteiger partial charge in [-0.15, -0.1) is 0 Å². The second-order valence-electron chi connectivity index (χ2n) is 25.4. The van der Waals surface area contributed by atoms with Crippen LogP contribution in [0.5, 0.6) is 5.75 Å². The van der Waals surface area contributed by atoms with Crippen molar-refractivity contribution < 1.29 is 152 Å². The van der Waals surface area contributed by atoms with E-state index in [0.29, 0.717) is 12.4 Å². The van der Waals surface area contributed by atoms with E-state index in [1.165, 1.54) is 51.2 Å². The predicted molar refractivity (Wildman–Crippen MR) is 329 cm³/mol. The van der Waals surface area contributed by atoms with Gasteiger partial charge in [-0.25, -0.2) is 0 Å². The molecule has 19 N–H and O–H groups in total. The summed E-state index contributed by atoms with van der Waals surface area (Å²) < 4.78 is 72.0. The Labute approximate surface area is 565 Å². The first-order chi connectivity index (χ1) is 46.7. The number of nitrogens with one attached hydrogen (secondary N) is 5. The van der Waals surface area contributed by atoms with Crippen molar-refractivity contribution in [2.45, 2.75) is 283 Å². The van der Waals surface area contributed by atoms with E-state index in [1.807, 2.05) is 0 Å². The van der Waals surface area contributed by atoms with Crippen LogP contribution in [0.4, 0.5) is 0 Å². The molecule has 15 unspecified atom stereocenters. The van der Waals surface area contributed by atoms with E-state index in [1.54, 1.807) is 12.1 Å². The zero-order valence-electron chi connectivity index (χ0n) is 55.4. The number of aliphatic hydroxyl groups excluding tert-OH is 14. The normalized spacial score (nSPS) is 39.8. The third-order valence-electron chi connectivity index (χ3n) is 17.9. The minimum Gasteiger partial charge on any atom is -0.494 e. The number of hydrogen-bond donors (Lipinski definition) is 19. The van der Waals surface area contributed by atoms with Crippen LogP contribution in [-0.2, 0) is 71.3 Å². The van der Waals surface area contributed by atoms with Gasteiger partial charge in [-0.3, -0.25) is 24.0 Å². The van der Waals surface area contributed by atoms with Crippen LogP contribution in [0.3, 0.4) is 0 Å². The predicted octanol–water partition coefficient (Wildman–Crippen LogP) is -7.15. The number of rotatable bonds is 32. The summed E-state index contributed by atoms with van der Waals surface area (Å²) in [5.74, 6) is -3.68. The van der Waals surface area contributed by atoms with Crippen LogP contribution in [0.1, 0.15) is 110 Å². The number of benzene rings is 1. The van der Waals surface area contributed by atoms with Gasteiger partial charge >= 0.3 is 0 Å². The maximum Gasteiger partial charge on any atom is 0.251 e. The molecule has 0 aliphatic carbocycles. The molecule has 1 aromatic carbocycles. The molecule has 560 valence electrons. The molecule has 30 atom stereocenters. The lowest BCUT2D eigenvalue weighted by molar-refractivity contribution is -0.368. The van der Waals surface area contributed by atoms with E-state index >= 15 is 0 Å². The summed E-state index contributed by atoms with van der Waals surface area (Å²) in [5.41, 5.74) is 0.0594. The van der Waals surface area contributed by atoms with Crippen molar-refractivity contribution in [3.05, 3.63) is 29.8 Å². The second-order valence-corrected chi connectivity index (χ2v) is 25.4. The van der Waals surface area contributed by atoms with E-state index < -0.39 is 246 Å². The fourth-order valence-corrected chi connectivity index (χ4v) is 12.7. The molecule has 6 saturated heterocycles. The molecule has 0 bridgehead atoms. The molecule has 6 aliphatic rings. The van der Waals surface area contributed by atoms with Crippen LogP contribution in [0, 0.1) is 0 Å². The third-order valence-corrected chi connectivity index (χ3v) is 17.9. The van der Waals surface area contributed by atoms with Crippen molar-refractivity contribution in [2.24, 2.45) is 0 Å². The van der Waals surface area contributed by atoms with Crippen LogP contribution < -0.4 is 31.3 Å². The summed E-state index contributed by atoms with van der Waals surface area (Å²) in [4.78, 5) is 65.0. The quantitative estimate of drug-likeness (QED) is 0.0298. The third kappa shape index (κ3) is 20.6. The van der Waals surface area contributed by atoms with E-state index in [0.717, 1.165) is 53.4 Å². The second kappa shape index (κ2) is 38.0. The Morgan fingerprint density at radius 2 is 0.816 bits per heavy atom. The van der Waals surface area contributed by atoms with Gasteiger partial charge in [-0.05, 0) is 31.5 Å². The number of unbranched alkanes of at least 4 members (excludes halogenated alkanes) is 8. The van der Waals surface area contributed by atoms with Crippen LogP contribution in [0.2, 0.25) is 0 Å². The lowest BCUT2D eigenvalue weighted by Gasteiger charge is -2.51. The molecule has 36 nitrogen and oxygen atoms in total. The minimum atomic E-state index is -2.07. The molecule has 0 aromatic heterocycles. The summed E-state index contributed by atoms with van der Waals surface area (Å²) in [6, 6.07) is -2.45. The first kappa shape index (κ1) is 80.7. The van der Waals surface area contributed by atoms with Crippen LogP contribution in [0.25, 0.3) is 0 Å². The van der Waals surface area contributed by atoms with Crippen LogP contribution in [0.15, 0.2) is 24.3 Å².